The highest BCUT2D eigenvalue weighted by atomic mass is 19.1. The summed E-state index contributed by atoms with van der Waals surface area (Å²) < 4.78 is 21.4. The SMILES string of the molecule is C=CC(=O)Nc1cc(Nc2nccc(-n3ccc4cc(F)ccc43)n2)c(OC)cc1N1CCN(C2CCN(C)CC2)CC1. The number of likely N-dealkylation sites (tertiary alicyclic amines) is 1. The molecule has 0 atom stereocenters. The molecule has 0 radical (unpaired) electrons. The Morgan fingerprint density at radius 2 is 1.84 bits per heavy atom. The number of methoxy groups -OCH3 is 1. The molecular weight excluding hydrogens is 547 g/mol. The van der Waals surface area contributed by atoms with Gasteiger partial charge >= 0.3 is 0 Å². The number of rotatable bonds is 8. The maximum atomic E-state index is 13.7. The van der Waals surface area contributed by atoms with E-state index in [1.54, 1.807) is 25.4 Å². The third-order valence-electron chi connectivity index (χ3n) is 8.41. The summed E-state index contributed by atoms with van der Waals surface area (Å²) in [6.07, 6.45) is 7.17. The molecule has 2 aliphatic rings. The second kappa shape index (κ2) is 12.4. The van der Waals surface area contributed by atoms with Gasteiger partial charge in [0.2, 0.25) is 11.9 Å². The number of benzene rings is 2. The van der Waals surface area contributed by atoms with Gasteiger partial charge in [0.1, 0.15) is 17.4 Å². The van der Waals surface area contributed by atoms with E-state index in [4.69, 9.17) is 9.72 Å². The molecule has 2 N–H and O–H groups in total. The zero-order valence-corrected chi connectivity index (χ0v) is 24.6. The molecule has 0 unspecified atom stereocenters. The standard InChI is InChI=1S/C32H37FN8O2/c1-4-31(42)35-25-20-26(36-32-34-11-7-30(37-32)41-14-8-22-19-23(33)5-6-27(22)41)29(43-3)21-28(25)40-17-15-39(16-18-40)24-9-12-38(2)13-10-24/h4-8,11,14,19-21,24H,1,9-10,12-13,15-18H2,2-3H3,(H,35,42)(H,34,36,37). The van der Waals surface area contributed by atoms with E-state index in [9.17, 15) is 9.18 Å². The van der Waals surface area contributed by atoms with Crippen molar-refractivity contribution < 1.29 is 13.9 Å². The molecule has 6 rings (SSSR count). The summed E-state index contributed by atoms with van der Waals surface area (Å²) in [4.78, 5) is 28.9. The van der Waals surface area contributed by atoms with E-state index in [2.05, 4.69) is 43.9 Å². The van der Waals surface area contributed by atoms with E-state index < -0.39 is 0 Å². The van der Waals surface area contributed by atoms with E-state index in [1.807, 2.05) is 29.0 Å². The van der Waals surface area contributed by atoms with Crippen LogP contribution in [0, 0.1) is 5.82 Å². The van der Waals surface area contributed by atoms with Gasteiger partial charge in [-0.25, -0.2) is 9.37 Å². The zero-order valence-electron chi connectivity index (χ0n) is 24.6. The largest absolute Gasteiger partial charge is 0.494 e. The molecule has 224 valence electrons. The van der Waals surface area contributed by atoms with Gasteiger partial charge in [0.25, 0.3) is 0 Å². The smallest absolute Gasteiger partial charge is 0.247 e. The van der Waals surface area contributed by atoms with Crippen LogP contribution in [-0.2, 0) is 4.79 Å². The van der Waals surface area contributed by atoms with Crippen LogP contribution in [0.4, 0.5) is 27.4 Å². The quantitative estimate of drug-likeness (QED) is 0.289. The number of ether oxygens (including phenoxy) is 1. The van der Waals surface area contributed by atoms with Crippen molar-refractivity contribution in [2.24, 2.45) is 0 Å². The van der Waals surface area contributed by atoms with E-state index in [-0.39, 0.29) is 11.7 Å². The van der Waals surface area contributed by atoms with Crippen molar-refractivity contribution in [2.45, 2.75) is 18.9 Å². The Kier molecular flexibility index (Phi) is 8.26. The molecule has 2 fully saturated rings. The molecule has 2 aromatic carbocycles. The Hall–Kier alpha value is -4.48. The number of nitrogens with zero attached hydrogens (tertiary/aromatic N) is 6. The summed E-state index contributed by atoms with van der Waals surface area (Å²) in [5.41, 5.74) is 2.97. The molecule has 4 heterocycles. The Labute approximate surface area is 250 Å². The lowest BCUT2D eigenvalue weighted by atomic mass is 10.0. The number of halogens is 1. The van der Waals surface area contributed by atoms with Gasteiger partial charge < -0.3 is 29.7 Å². The number of anilines is 4. The predicted molar refractivity (Wildman–Crippen MR) is 168 cm³/mol. The van der Waals surface area contributed by atoms with E-state index in [0.717, 1.165) is 55.9 Å². The van der Waals surface area contributed by atoms with Gasteiger partial charge in [-0.2, -0.15) is 4.98 Å². The van der Waals surface area contributed by atoms with Crippen LogP contribution in [0.25, 0.3) is 16.7 Å². The molecule has 2 aromatic heterocycles. The average Bonchev–Trinajstić information content (AvgIpc) is 3.45. The summed E-state index contributed by atoms with van der Waals surface area (Å²) in [6, 6.07) is 12.7. The lowest BCUT2D eigenvalue weighted by Crippen LogP contribution is -2.53. The number of amides is 1. The third kappa shape index (κ3) is 6.18. The predicted octanol–water partition coefficient (Wildman–Crippen LogP) is 4.65. The average molecular weight is 585 g/mol. The Bertz CT molecular complexity index is 1620. The van der Waals surface area contributed by atoms with Crippen molar-refractivity contribution in [3.05, 3.63) is 73.3 Å². The minimum Gasteiger partial charge on any atom is -0.494 e. The summed E-state index contributed by atoms with van der Waals surface area (Å²) in [5.74, 6) is 0.985. The molecule has 4 aromatic rings. The number of nitrogens with one attached hydrogen (secondary N) is 2. The van der Waals surface area contributed by atoms with Crippen molar-refractivity contribution >= 4 is 39.8 Å². The number of fused-ring (bicyclic) bond motifs is 1. The lowest BCUT2D eigenvalue weighted by Gasteiger charge is -2.43. The van der Waals surface area contributed by atoms with Gasteiger partial charge in [0.15, 0.2) is 0 Å². The number of aromatic nitrogens is 3. The molecule has 2 saturated heterocycles. The normalized spacial score (nSPS) is 16.8. The summed E-state index contributed by atoms with van der Waals surface area (Å²) >= 11 is 0. The number of carbonyl (C=O) groups is 1. The molecule has 0 saturated carbocycles. The Morgan fingerprint density at radius 1 is 1.05 bits per heavy atom. The van der Waals surface area contributed by atoms with Gasteiger partial charge in [-0.15, -0.1) is 0 Å². The Balaban J connectivity index is 1.25. The minimum absolute atomic E-state index is 0.288. The molecule has 43 heavy (non-hydrogen) atoms. The van der Waals surface area contributed by atoms with Gasteiger partial charge in [0.05, 0.1) is 29.7 Å². The molecular formula is C32H37FN8O2. The highest BCUT2D eigenvalue weighted by molar-refractivity contribution is 6.02. The molecule has 1 amide bonds. The first-order valence-electron chi connectivity index (χ1n) is 14.6. The highest BCUT2D eigenvalue weighted by Gasteiger charge is 2.28. The van der Waals surface area contributed by atoms with Gasteiger partial charge in [-0.05, 0) is 75.5 Å². The Morgan fingerprint density at radius 3 is 2.58 bits per heavy atom. The van der Waals surface area contributed by atoms with Crippen molar-refractivity contribution in [3.8, 4) is 11.6 Å². The van der Waals surface area contributed by atoms with Gasteiger partial charge in [-0.3, -0.25) is 9.69 Å². The lowest BCUT2D eigenvalue weighted by molar-refractivity contribution is -0.111. The van der Waals surface area contributed by atoms with Crippen LogP contribution in [0.3, 0.4) is 0 Å². The van der Waals surface area contributed by atoms with Crippen LogP contribution >= 0.6 is 0 Å². The van der Waals surface area contributed by atoms with Crippen LogP contribution in [0.15, 0.2) is 67.5 Å². The second-order valence-electron chi connectivity index (χ2n) is 11.1. The maximum Gasteiger partial charge on any atom is 0.247 e. The molecule has 0 spiro atoms. The van der Waals surface area contributed by atoms with Crippen molar-refractivity contribution in [1.29, 1.82) is 0 Å². The van der Waals surface area contributed by atoms with Crippen LogP contribution in [-0.4, -0.2) is 89.7 Å². The fraction of sp³-hybridized carbons (Fsp3) is 0.344. The first kappa shape index (κ1) is 28.6. The van der Waals surface area contributed by atoms with Crippen molar-refractivity contribution in [2.75, 3.05) is 69.0 Å². The minimum atomic E-state index is -0.295. The van der Waals surface area contributed by atoms with E-state index in [1.165, 1.54) is 31.1 Å². The van der Waals surface area contributed by atoms with Crippen molar-refractivity contribution in [3.63, 3.8) is 0 Å². The molecule has 10 nitrogen and oxygen atoms in total. The zero-order chi connectivity index (χ0) is 29.9. The van der Waals surface area contributed by atoms with E-state index >= 15 is 0 Å². The topological polar surface area (TPSA) is 90.8 Å². The van der Waals surface area contributed by atoms with Crippen LogP contribution < -0.4 is 20.3 Å². The first-order chi connectivity index (χ1) is 20.9. The number of hydrogen-bond donors (Lipinski definition) is 2. The van der Waals surface area contributed by atoms with Crippen molar-refractivity contribution in [1.82, 2.24) is 24.3 Å². The number of piperidine rings is 1. The molecule has 2 aliphatic heterocycles. The first-order valence-corrected chi connectivity index (χ1v) is 14.6. The fourth-order valence-corrected chi connectivity index (χ4v) is 6.05. The van der Waals surface area contributed by atoms with E-state index in [0.29, 0.717) is 34.9 Å². The third-order valence-corrected chi connectivity index (χ3v) is 8.41. The summed E-state index contributed by atoms with van der Waals surface area (Å²) in [6.45, 7) is 9.54. The second-order valence-corrected chi connectivity index (χ2v) is 11.1. The van der Waals surface area contributed by atoms with Crippen LogP contribution in [0.1, 0.15) is 12.8 Å². The fourth-order valence-electron chi connectivity index (χ4n) is 6.05. The summed E-state index contributed by atoms with van der Waals surface area (Å²) in [7, 11) is 3.81. The van der Waals surface area contributed by atoms with Crippen LogP contribution in [0.2, 0.25) is 0 Å². The van der Waals surface area contributed by atoms with Crippen LogP contribution in [0.5, 0.6) is 5.75 Å². The molecule has 0 bridgehead atoms. The monoisotopic (exact) mass is 584 g/mol. The highest BCUT2D eigenvalue weighted by Crippen LogP contribution is 2.39. The summed E-state index contributed by atoms with van der Waals surface area (Å²) in [5, 5.41) is 7.03. The maximum absolute atomic E-state index is 13.7. The molecule has 0 aliphatic carbocycles. The number of piperazine rings is 1. The number of hydrogen-bond acceptors (Lipinski definition) is 8. The molecule has 11 heteroatoms. The number of carbonyl (C=O) groups excluding carboxylic acids is 1. The van der Waals surface area contributed by atoms with Gasteiger partial charge in [0, 0.05) is 56.1 Å². The van der Waals surface area contributed by atoms with Gasteiger partial charge in [-0.1, -0.05) is 6.58 Å².